The number of pyridine rings is 1. The Morgan fingerprint density at radius 1 is 1.23 bits per heavy atom. The molecule has 4 heterocycles. The van der Waals surface area contributed by atoms with E-state index in [-0.39, 0.29) is 11.8 Å². The minimum Gasteiger partial charge on any atom is -0.481 e. The number of halogens is 2. The second-order valence-corrected chi connectivity index (χ2v) is 12.8. The van der Waals surface area contributed by atoms with Crippen molar-refractivity contribution in [2.45, 2.75) is 46.5 Å². The van der Waals surface area contributed by atoms with Crippen molar-refractivity contribution in [1.29, 1.82) is 0 Å². The Labute approximate surface area is 247 Å². The number of thiophene rings is 1. The maximum absolute atomic E-state index is 13.2. The van der Waals surface area contributed by atoms with Crippen LogP contribution >= 0.6 is 45.9 Å². The molecule has 0 spiro atoms. The molecule has 2 N–H and O–H groups in total. The van der Waals surface area contributed by atoms with E-state index in [1.54, 1.807) is 6.07 Å². The van der Waals surface area contributed by atoms with E-state index >= 15 is 0 Å². The molecule has 12 heteroatoms. The molecule has 0 atom stereocenters. The van der Waals surface area contributed by atoms with Crippen LogP contribution in [0.5, 0.6) is 0 Å². The van der Waals surface area contributed by atoms with Crippen LogP contribution in [0.15, 0.2) is 23.7 Å². The van der Waals surface area contributed by atoms with Gasteiger partial charge < -0.3 is 14.9 Å². The number of piperidine rings is 1. The average Bonchev–Trinajstić information content (AvgIpc) is 3.52. The predicted octanol–water partition coefficient (Wildman–Crippen LogP) is 7.39. The summed E-state index contributed by atoms with van der Waals surface area (Å²) in [5.41, 5.74) is 1.15. The van der Waals surface area contributed by atoms with Crippen LogP contribution in [0.3, 0.4) is 0 Å². The molecule has 3 aromatic rings. The number of hydrogen-bond acceptors (Lipinski definition) is 8. The number of carbonyl (C=O) groups is 2. The summed E-state index contributed by atoms with van der Waals surface area (Å²) in [5, 5.41) is 16.6. The molecule has 1 saturated heterocycles. The van der Waals surface area contributed by atoms with Crippen molar-refractivity contribution in [3.8, 4) is 10.6 Å². The molecule has 0 bridgehead atoms. The van der Waals surface area contributed by atoms with Gasteiger partial charge >= 0.3 is 5.97 Å². The molecule has 0 unspecified atom stereocenters. The standard InChI is InChI=1S/C27H33Cl2N5O3S2/c1-4-8-34(9-5-16(2)3)25-22(21-13-19(28)15-38-21)31-27(39-25)32-24(35)18-12-20(29)23(30-14-18)33-10-6-17(7-11-33)26(36)37/h12-17H,4-11H2,1-3H3,(H,36,37)(H,31,32,35). The van der Waals surface area contributed by atoms with Gasteiger partial charge in [-0.1, -0.05) is 55.3 Å². The number of carbonyl (C=O) groups excluding carboxylic acids is 1. The number of carboxylic acids is 1. The largest absolute Gasteiger partial charge is 0.481 e. The van der Waals surface area contributed by atoms with Crippen molar-refractivity contribution in [2.75, 3.05) is 41.3 Å². The smallest absolute Gasteiger partial charge is 0.306 e. The minimum absolute atomic E-state index is 0.326. The number of anilines is 3. The third-order valence-electron chi connectivity index (χ3n) is 6.62. The number of hydrogen-bond donors (Lipinski definition) is 2. The van der Waals surface area contributed by atoms with Crippen molar-refractivity contribution < 1.29 is 14.7 Å². The highest BCUT2D eigenvalue weighted by Crippen LogP contribution is 2.42. The van der Waals surface area contributed by atoms with Crippen molar-refractivity contribution in [3.05, 3.63) is 39.3 Å². The summed E-state index contributed by atoms with van der Waals surface area (Å²) >= 11 is 15.7. The lowest BCUT2D eigenvalue weighted by molar-refractivity contribution is -0.142. The van der Waals surface area contributed by atoms with Crippen LogP contribution in [0, 0.1) is 11.8 Å². The molecule has 0 radical (unpaired) electrons. The molecule has 1 aliphatic heterocycles. The number of amides is 1. The number of aromatic nitrogens is 2. The third kappa shape index (κ3) is 7.42. The van der Waals surface area contributed by atoms with Crippen LogP contribution in [-0.2, 0) is 4.79 Å². The number of aliphatic carboxylic acids is 1. The third-order valence-corrected chi connectivity index (χ3v) is 9.21. The lowest BCUT2D eigenvalue weighted by atomic mass is 9.97. The van der Waals surface area contributed by atoms with Crippen LogP contribution in [0.2, 0.25) is 10.0 Å². The fourth-order valence-electron chi connectivity index (χ4n) is 4.47. The molecule has 1 aliphatic rings. The molecule has 0 aromatic carbocycles. The van der Waals surface area contributed by atoms with Gasteiger partial charge in [-0.05, 0) is 43.7 Å². The van der Waals surface area contributed by atoms with Crippen LogP contribution in [0.25, 0.3) is 10.6 Å². The zero-order valence-corrected chi connectivity index (χ0v) is 25.4. The molecule has 3 aromatic heterocycles. The molecule has 1 amide bonds. The van der Waals surface area contributed by atoms with E-state index < -0.39 is 5.97 Å². The first-order valence-electron chi connectivity index (χ1n) is 13.1. The Morgan fingerprint density at radius 3 is 2.56 bits per heavy atom. The summed E-state index contributed by atoms with van der Waals surface area (Å²) in [6.07, 6.45) is 4.61. The normalized spacial score (nSPS) is 14.2. The first kappa shape index (κ1) is 29.6. The molecular formula is C27H33Cl2N5O3S2. The Kier molecular flexibility index (Phi) is 10.1. The van der Waals surface area contributed by atoms with Gasteiger partial charge in [-0.25, -0.2) is 9.97 Å². The van der Waals surface area contributed by atoms with E-state index in [0.29, 0.717) is 58.4 Å². The van der Waals surface area contributed by atoms with Gasteiger partial charge in [0.25, 0.3) is 5.91 Å². The fourth-order valence-corrected chi connectivity index (χ4v) is 6.91. The Hall–Kier alpha value is -2.40. The molecule has 39 heavy (non-hydrogen) atoms. The van der Waals surface area contributed by atoms with Crippen LogP contribution in [0.4, 0.5) is 16.0 Å². The number of thiazole rings is 1. The van der Waals surface area contributed by atoms with Crippen molar-refractivity contribution >= 4 is 73.7 Å². The summed E-state index contributed by atoms with van der Waals surface area (Å²) < 4.78 is 0. The number of nitrogens with zero attached hydrogens (tertiary/aromatic N) is 4. The van der Waals surface area contributed by atoms with Gasteiger partial charge in [0.15, 0.2) is 5.13 Å². The monoisotopic (exact) mass is 609 g/mol. The zero-order valence-electron chi connectivity index (χ0n) is 22.2. The topological polar surface area (TPSA) is 98.7 Å². The lowest BCUT2D eigenvalue weighted by Gasteiger charge is -2.31. The first-order chi connectivity index (χ1) is 18.7. The fraction of sp³-hybridized carbons (Fsp3) is 0.481. The van der Waals surface area contributed by atoms with Gasteiger partial charge in [0.05, 0.1) is 26.4 Å². The number of carboxylic acid groups (broad SMARTS) is 1. The summed E-state index contributed by atoms with van der Waals surface area (Å²) in [4.78, 5) is 39.0. The van der Waals surface area contributed by atoms with E-state index in [1.807, 2.05) is 16.3 Å². The van der Waals surface area contributed by atoms with Gasteiger partial charge in [0, 0.05) is 37.8 Å². The highest BCUT2D eigenvalue weighted by molar-refractivity contribution is 7.21. The van der Waals surface area contributed by atoms with E-state index in [2.05, 4.69) is 36.0 Å². The van der Waals surface area contributed by atoms with Gasteiger partial charge in [-0.15, -0.1) is 11.3 Å². The molecule has 1 fully saturated rings. The average molecular weight is 611 g/mol. The summed E-state index contributed by atoms with van der Waals surface area (Å²) in [5.74, 6) is -0.331. The van der Waals surface area contributed by atoms with Crippen LogP contribution in [0.1, 0.15) is 56.8 Å². The highest BCUT2D eigenvalue weighted by Gasteiger charge is 2.27. The predicted molar refractivity (Wildman–Crippen MR) is 162 cm³/mol. The molecule has 210 valence electrons. The highest BCUT2D eigenvalue weighted by atomic mass is 35.5. The maximum atomic E-state index is 13.2. The summed E-state index contributed by atoms with van der Waals surface area (Å²) in [7, 11) is 0. The lowest BCUT2D eigenvalue weighted by Crippen LogP contribution is -2.37. The van der Waals surface area contributed by atoms with E-state index in [9.17, 15) is 14.7 Å². The molecular weight excluding hydrogens is 577 g/mol. The van der Waals surface area contributed by atoms with Crippen LogP contribution < -0.4 is 15.1 Å². The molecule has 0 aliphatic carbocycles. The minimum atomic E-state index is -0.769. The zero-order chi connectivity index (χ0) is 28.1. The molecule has 4 rings (SSSR count). The van der Waals surface area contributed by atoms with E-state index in [4.69, 9.17) is 28.2 Å². The Morgan fingerprint density at radius 2 is 1.97 bits per heavy atom. The van der Waals surface area contributed by atoms with E-state index in [0.717, 1.165) is 41.5 Å². The maximum Gasteiger partial charge on any atom is 0.306 e. The first-order valence-corrected chi connectivity index (χ1v) is 15.6. The Balaban J connectivity index is 1.54. The second kappa shape index (κ2) is 13.3. The number of rotatable bonds is 11. The second-order valence-electron chi connectivity index (χ2n) is 10.1. The summed E-state index contributed by atoms with van der Waals surface area (Å²) in [6.45, 7) is 9.48. The van der Waals surface area contributed by atoms with Gasteiger partial charge in [-0.3, -0.25) is 14.9 Å². The Bertz CT molecular complexity index is 1300. The van der Waals surface area contributed by atoms with Gasteiger partial charge in [-0.2, -0.15) is 0 Å². The van der Waals surface area contributed by atoms with Gasteiger partial charge in [0.1, 0.15) is 16.5 Å². The van der Waals surface area contributed by atoms with Crippen molar-refractivity contribution in [2.24, 2.45) is 11.8 Å². The quantitative estimate of drug-likeness (QED) is 0.234. The SMILES string of the molecule is CCCN(CCC(C)C)c1sc(NC(=O)c2cnc(N3CCC(C(=O)O)CC3)c(Cl)c2)nc1-c1cc(Cl)cs1. The number of nitrogens with one attached hydrogen (secondary N) is 1. The molecule has 8 nitrogen and oxygen atoms in total. The summed E-state index contributed by atoms with van der Waals surface area (Å²) in [6, 6.07) is 3.51. The van der Waals surface area contributed by atoms with E-state index in [1.165, 1.54) is 28.9 Å². The van der Waals surface area contributed by atoms with Crippen molar-refractivity contribution in [1.82, 2.24) is 9.97 Å². The molecule has 0 saturated carbocycles. The van der Waals surface area contributed by atoms with Gasteiger partial charge in [0.2, 0.25) is 0 Å². The van der Waals surface area contributed by atoms with Crippen molar-refractivity contribution in [3.63, 3.8) is 0 Å². The van der Waals surface area contributed by atoms with Crippen LogP contribution in [-0.4, -0.2) is 53.1 Å².